The first-order valence-corrected chi connectivity index (χ1v) is 12.0. The van der Waals surface area contributed by atoms with E-state index in [2.05, 4.69) is 10.2 Å². The highest BCUT2D eigenvalue weighted by atomic mass is 35.5. The lowest BCUT2D eigenvalue weighted by molar-refractivity contribution is 0.259. The van der Waals surface area contributed by atoms with Crippen molar-refractivity contribution < 1.29 is 18.6 Å². The van der Waals surface area contributed by atoms with Crippen LogP contribution in [-0.4, -0.2) is 41.7 Å². The number of benzene rings is 3. The summed E-state index contributed by atoms with van der Waals surface area (Å²) in [6, 6.07) is 13.3. The number of phenolic OH excluding ortho intramolecular Hbond substituents is 1. The molecule has 0 spiro atoms. The van der Waals surface area contributed by atoms with E-state index in [9.17, 15) is 13.9 Å². The first kappa shape index (κ1) is 24.9. The average molecular weight is 500 g/mol. The molecule has 0 amide bonds. The molecular weight excluding hydrogens is 472 g/mol. The van der Waals surface area contributed by atoms with Gasteiger partial charge in [0, 0.05) is 47.1 Å². The Bertz CT molecular complexity index is 1350. The first-order chi connectivity index (χ1) is 16.9. The van der Waals surface area contributed by atoms with E-state index in [0.29, 0.717) is 24.2 Å². The number of fused-ring (bicyclic) bond motifs is 2. The molecule has 0 bridgehead atoms. The van der Waals surface area contributed by atoms with Gasteiger partial charge in [0.25, 0.3) is 0 Å². The lowest BCUT2D eigenvalue weighted by Gasteiger charge is -2.23. The van der Waals surface area contributed by atoms with Crippen LogP contribution in [0.4, 0.5) is 14.5 Å². The molecular formula is C27H28ClF2N3O2. The molecule has 35 heavy (non-hydrogen) atoms. The Labute approximate surface area is 208 Å². The van der Waals surface area contributed by atoms with Crippen molar-refractivity contribution in [2.45, 2.75) is 26.3 Å². The zero-order valence-electron chi connectivity index (χ0n) is 19.7. The van der Waals surface area contributed by atoms with Crippen LogP contribution in [-0.2, 0) is 6.54 Å². The highest BCUT2D eigenvalue weighted by molar-refractivity contribution is 6.31. The van der Waals surface area contributed by atoms with Crippen LogP contribution in [0.25, 0.3) is 21.8 Å². The average Bonchev–Trinajstić information content (AvgIpc) is 2.83. The number of rotatable bonds is 10. The monoisotopic (exact) mass is 499 g/mol. The highest BCUT2D eigenvalue weighted by Gasteiger charge is 2.15. The molecule has 1 heterocycles. The van der Waals surface area contributed by atoms with Gasteiger partial charge in [-0.15, -0.1) is 0 Å². The van der Waals surface area contributed by atoms with E-state index in [1.54, 1.807) is 7.11 Å². The summed E-state index contributed by atoms with van der Waals surface area (Å²) < 4.78 is 32.9. The number of methoxy groups -OCH3 is 1. The fraction of sp³-hybridized carbons (Fsp3) is 0.296. The summed E-state index contributed by atoms with van der Waals surface area (Å²) in [5.74, 6) is -1.38. The van der Waals surface area contributed by atoms with Gasteiger partial charge < -0.3 is 15.2 Å². The molecule has 3 aromatic carbocycles. The fourth-order valence-corrected chi connectivity index (χ4v) is 4.46. The van der Waals surface area contributed by atoms with E-state index < -0.39 is 17.4 Å². The van der Waals surface area contributed by atoms with Crippen LogP contribution in [0.3, 0.4) is 0 Å². The molecule has 0 aliphatic carbocycles. The zero-order valence-corrected chi connectivity index (χ0v) is 20.5. The van der Waals surface area contributed by atoms with Gasteiger partial charge in [-0.25, -0.2) is 13.8 Å². The summed E-state index contributed by atoms with van der Waals surface area (Å²) >= 11 is 6.21. The number of halogens is 3. The third-order valence-electron chi connectivity index (χ3n) is 5.94. The Balaban J connectivity index is 1.52. The third kappa shape index (κ3) is 5.74. The van der Waals surface area contributed by atoms with E-state index in [4.69, 9.17) is 21.3 Å². The smallest absolute Gasteiger partial charge is 0.168 e. The van der Waals surface area contributed by atoms with E-state index in [1.165, 1.54) is 6.07 Å². The van der Waals surface area contributed by atoms with Crippen molar-refractivity contribution in [3.05, 3.63) is 70.8 Å². The number of ether oxygens (including phenoxy) is 1. The van der Waals surface area contributed by atoms with Crippen LogP contribution in [0.1, 0.15) is 25.3 Å². The van der Waals surface area contributed by atoms with Gasteiger partial charge in [0.1, 0.15) is 11.6 Å². The van der Waals surface area contributed by atoms with E-state index in [-0.39, 0.29) is 12.1 Å². The van der Waals surface area contributed by atoms with E-state index >= 15 is 0 Å². The lowest BCUT2D eigenvalue weighted by Crippen LogP contribution is -2.27. The number of aromatic nitrogens is 1. The Hall–Kier alpha value is -3.16. The lowest BCUT2D eigenvalue weighted by atomic mass is 10.1. The number of anilines is 1. The van der Waals surface area contributed by atoms with Crippen molar-refractivity contribution in [1.29, 1.82) is 0 Å². The van der Waals surface area contributed by atoms with Crippen molar-refractivity contribution in [2.24, 2.45) is 0 Å². The van der Waals surface area contributed by atoms with Crippen LogP contribution in [0.15, 0.2) is 48.5 Å². The van der Waals surface area contributed by atoms with Crippen LogP contribution in [0.5, 0.6) is 11.5 Å². The molecule has 0 atom stereocenters. The Morgan fingerprint density at radius 2 is 1.86 bits per heavy atom. The topological polar surface area (TPSA) is 57.6 Å². The van der Waals surface area contributed by atoms with E-state index in [0.717, 1.165) is 52.6 Å². The number of pyridine rings is 1. The quantitative estimate of drug-likeness (QED) is 0.187. The van der Waals surface area contributed by atoms with Crippen LogP contribution in [0.2, 0.25) is 5.02 Å². The largest absolute Gasteiger partial charge is 0.505 e. The summed E-state index contributed by atoms with van der Waals surface area (Å²) in [5, 5.41) is 16.1. The summed E-state index contributed by atoms with van der Waals surface area (Å²) in [4.78, 5) is 6.84. The van der Waals surface area contributed by atoms with Gasteiger partial charge in [0.05, 0.1) is 23.8 Å². The number of hydrogen-bond donors (Lipinski definition) is 2. The van der Waals surface area contributed by atoms with Crippen molar-refractivity contribution >= 4 is 39.1 Å². The van der Waals surface area contributed by atoms with Crippen LogP contribution >= 0.6 is 11.6 Å². The Morgan fingerprint density at radius 1 is 1.03 bits per heavy atom. The maximum atomic E-state index is 13.8. The SMILES string of the molecule is CCCN(CCCNc1c2ccc(Cl)cc2nc2ccc(OC)cc12)Cc1cc(F)cc(F)c1O. The summed E-state index contributed by atoms with van der Waals surface area (Å²) in [6.45, 7) is 4.41. The maximum absolute atomic E-state index is 13.8. The molecule has 4 rings (SSSR count). The van der Waals surface area contributed by atoms with E-state index in [1.807, 2.05) is 43.3 Å². The van der Waals surface area contributed by atoms with Gasteiger partial charge in [-0.05, 0) is 61.9 Å². The molecule has 1 aromatic heterocycles. The van der Waals surface area contributed by atoms with Gasteiger partial charge in [0.2, 0.25) is 0 Å². The number of hydrogen-bond acceptors (Lipinski definition) is 5. The highest BCUT2D eigenvalue weighted by Crippen LogP contribution is 2.34. The summed E-state index contributed by atoms with van der Waals surface area (Å²) in [7, 11) is 1.63. The zero-order chi connectivity index (χ0) is 24.9. The number of nitrogens with zero attached hydrogens (tertiary/aromatic N) is 2. The second kappa shape index (κ2) is 11.1. The normalized spacial score (nSPS) is 11.5. The van der Waals surface area contributed by atoms with Crippen molar-refractivity contribution in [1.82, 2.24) is 9.88 Å². The molecule has 2 N–H and O–H groups in total. The number of aromatic hydroxyl groups is 1. The van der Waals surface area contributed by atoms with Gasteiger partial charge in [0.15, 0.2) is 11.6 Å². The standard InChI is InChI=1S/C27H28ClF2N3O2/c1-3-10-33(16-17-12-19(29)14-23(30)27(17)34)11-4-9-31-26-21-7-5-18(28)13-25(21)32-24-8-6-20(35-2)15-22(24)26/h5-8,12-15,34H,3-4,9-11,16H2,1-2H3,(H,31,32). The fourth-order valence-electron chi connectivity index (χ4n) is 4.30. The molecule has 0 unspecified atom stereocenters. The predicted octanol–water partition coefficient (Wildman–Crippen LogP) is 6.75. The number of nitrogens with one attached hydrogen (secondary N) is 1. The first-order valence-electron chi connectivity index (χ1n) is 11.6. The van der Waals surface area contributed by atoms with Crippen molar-refractivity contribution in [3.8, 4) is 11.5 Å². The molecule has 184 valence electrons. The minimum atomic E-state index is -0.940. The summed E-state index contributed by atoms with van der Waals surface area (Å²) in [5.41, 5.74) is 2.83. The van der Waals surface area contributed by atoms with Gasteiger partial charge in [-0.2, -0.15) is 0 Å². The van der Waals surface area contributed by atoms with Crippen LogP contribution < -0.4 is 10.1 Å². The third-order valence-corrected chi connectivity index (χ3v) is 6.17. The molecule has 0 saturated heterocycles. The second-order valence-corrected chi connectivity index (χ2v) is 8.92. The molecule has 0 radical (unpaired) electrons. The van der Waals surface area contributed by atoms with Gasteiger partial charge >= 0.3 is 0 Å². The summed E-state index contributed by atoms with van der Waals surface area (Å²) in [6.07, 6.45) is 1.66. The number of phenols is 1. The minimum absolute atomic E-state index is 0.249. The van der Waals surface area contributed by atoms with Crippen LogP contribution in [0, 0.1) is 11.6 Å². The van der Waals surface area contributed by atoms with Gasteiger partial charge in [-0.3, -0.25) is 4.90 Å². The minimum Gasteiger partial charge on any atom is -0.505 e. The Kier molecular flexibility index (Phi) is 7.88. The van der Waals surface area contributed by atoms with Gasteiger partial charge in [-0.1, -0.05) is 18.5 Å². The molecule has 0 fully saturated rings. The second-order valence-electron chi connectivity index (χ2n) is 8.48. The molecule has 4 aromatic rings. The molecule has 5 nitrogen and oxygen atoms in total. The maximum Gasteiger partial charge on any atom is 0.168 e. The Morgan fingerprint density at radius 3 is 2.63 bits per heavy atom. The molecule has 0 aliphatic rings. The molecule has 0 aliphatic heterocycles. The molecule has 8 heteroatoms. The van der Waals surface area contributed by atoms with Crippen molar-refractivity contribution in [3.63, 3.8) is 0 Å². The molecule has 0 saturated carbocycles. The predicted molar refractivity (Wildman–Crippen MR) is 138 cm³/mol. The van der Waals surface area contributed by atoms with Crippen molar-refractivity contribution in [2.75, 3.05) is 32.1 Å².